The Bertz CT molecular complexity index is 532. The van der Waals surface area contributed by atoms with Gasteiger partial charge in [0.1, 0.15) is 10.6 Å². The Labute approximate surface area is 110 Å². The molecule has 17 heavy (non-hydrogen) atoms. The lowest BCUT2D eigenvalue weighted by molar-refractivity contribution is 0.385. The highest BCUT2D eigenvalue weighted by atomic mass is 79.9. The quantitative estimate of drug-likeness (QED) is 0.909. The molecule has 0 aliphatic carbocycles. The molecule has 1 aromatic rings. The Morgan fingerprint density at radius 1 is 1.29 bits per heavy atom. The Balaban J connectivity index is 3.72. The molecule has 2 N–H and O–H groups in total. The van der Waals surface area contributed by atoms with Crippen molar-refractivity contribution < 1.29 is 13.2 Å². The first kappa shape index (κ1) is 14.5. The number of halogens is 1. The third kappa shape index (κ3) is 3.00. The number of rotatable bonds is 2. The number of sulfonamides is 1. The molecule has 0 unspecified atom stereocenters. The van der Waals surface area contributed by atoms with Crippen LogP contribution in [0.2, 0.25) is 0 Å². The van der Waals surface area contributed by atoms with Gasteiger partial charge in [-0.3, -0.25) is 0 Å². The average molecular weight is 322 g/mol. The summed E-state index contributed by atoms with van der Waals surface area (Å²) in [5, 5.41) is 5.17. The minimum absolute atomic E-state index is 0.00752. The van der Waals surface area contributed by atoms with Gasteiger partial charge in [-0.25, -0.2) is 13.6 Å². The van der Waals surface area contributed by atoms with E-state index in [2.05, 4.69) is 15.9 Å². The van der Waals surface area contributed by atoms with Gasteiger partial charge in [-0.1, -0.05) is 36.7 Å². The average Bonchev–Trinajstić information content (AvgIpc) is 2.12. The smallest absolute Gasteiger partial charge is 0.241 e. The van der Waals surface area contributed by atoms with Crippen molar-refractivity contribution in [2.75, 3.05) is 7.11 Å². The van der Waals surface area contributed by atoms with E-state index in [4.69, 9.17) is 9.88 Å². The zero-order chi connectivity index (χ0) is 13.4. The molecule has 96 valence electrons. The zero-order valence-corrected chi connectivity index (χ0v) is 12.6. The van der Waals surface area contributed by atoms with Crippen molar-refractivity contribution in [2.45, 2.75) is 31.1 Å². The third-order valence-corrected chi connectivity index (χ3v) is 3.93. The molecule has 0 heterocycles. The molecular weight excluding hydrogens is 306 g/mol. The van der Waals surface area contributed by atoms with Gasteiger partial charge >= 0.3 is 0 Å². The monoisotopic (exact) mass is 321 g/mol. The predicted octanol–water partition coefficient (Wildman–Crippen LogP) is 2.40. The summed E-state index contributed by atoms with van der Waals surface area (Å²) in [5.74, 6) is 0.300. The zero-order valence-electron chi connectivity index (χ0n) is 10.2. The fourth-order valence-corrected chi connectivity index (χ4v) is 3.27. The van der Waals surface area contributed by atoms with Gasteiger partial charge < -0.3 is 4.74 Å². The number of methoxy groups -OCH3 is 1. The number of hydrogen-bond donors (Lipinski definition) is 1. The largest absolute Gasteiger partial charge is 0.495 e. The van der Waals surface area contributed by atoms with Crippen molar-refractivity contribution in [2.24, 2.45) is 5.14 Å². The van der Waals surface area contributed by atoms with Crippen LogP contribution in [0.15, 0.2) is 21.5 Å². The van der Waals surface area contributed by atoms with Crippen molar-refractivity contribution in [1.29, 1.82) is 0 Å². The Hall–Kier alpha value is -0.590. The van der Waals surface area contributed by atoms with E-state index in [9.17, 15) is 8.42 Å². The highest BCUT2D eigenvalue weighted by Gasteiger charge is 2.27. The molecule has 0 radical (unpaired) electrons. The first-order chi connectivity index (χ1) is 7.59. The maximum Gasteiger partial charge on any atom is 0.241 e. The minimum Gasteiger partial charge on any atom is -0.495 e. The van der Waals surface area contributed by atoms with Crippen molar-refractivity contribution in [3.8, 4) is 5.75 Å². The van der Waals surface area contributed by atoms with Crippen LogP contribution in [0.4, 0.5) is 0 Å². The molecule has 0 saturated heterocycles. The normalized spacial score (nSPS) is 12.6. The van der Waals surface area contributed by atoms with E-state index in [0.717, 1.165) is 10.0 Å². The van der Waals surface area contributed by atoms with E-state index in [1.165, 1.54) is 13.2 Å². The van der Waals surface area contributed by atoms with Crippen molar-refractivity contribution >= 4 is 26.0 Å². The maximum atomic E-state index is 11.5. The van der Waals surface area contributed by atoms with E-state index in [1.807, 2.05) is 20.8 Å². The third-order valence-electron chi connectivity index (χ3n) is 2.33. The predicted molar refractivity (Wildman–Crippen MR) is 70.8 cm³/mol. The van der Waals surface area contributed by atoms with E-state index in [1.54, 1.807) is 6.07 Å². The lowest BCUT2D eigenvalue weighted by atomic mass is 9.86. The topological polar surface area (TPSA) is 69.4 Å². The number of nitrogens with two attached hydrogens (primary N) is 1. The van der Waals surface area contributed by atoms with Crippen LogP contribution < -0.4 is 9.88 Å². The van der Waals surface area contributed by atoms with Crippen LogP contribution >= 0.6 is 15.9 Å². The molecule has 0 fully saturated rings. The summed E-state index contributed by atoms with van der Waals surface area (Å²) in [6.45, 7) is 5.92. The van der Waals surface area contributed by atoms with Gasteiger partial charge in [0.15, 0.2) is 0 Å². The molecule has 4 nitrogen and oxygen atoms in total. The summed E-state index contributed by atoms with van der Waals surface area (Å²) in [5.41, 5.74) is 0.525. The lowest BCUT2D eigenvalue weighted by Gasteiger charge is -2.24. The van der Waals surface area contributed by atoms with Crippen molar-refractivity contribution in [3.05, 3.63) is 22.2 Å². The van der Waals surface area contributed by atoms with Crippen LogP contribution in [0.3, 0.4) is 0 Å². The molecule has 1 aromatic carbocycles. The Morgan fingerprint density at radius 3 is 2.18 bits per heavy atom. The summed E-state index contributed by atoms with van der Waals surface area (Å²) in [7, 11) is -2.35. The second-order valence-electron chi connectivity index (χ2n) is 4.75. The molecule has 0 bridgehead atoms. The van der Waals surface area contributed by atoms with Crippen LogP contribution in [0.25, 0.3) is 0 Å². The minimum atomic E-state index is -3.79. The molecule has 0 atom stereocenters. The highest BCUT2D eigenvalue weighted by molar-refractivity contribution is 9.10. The number of benzene rings is 1. The fraction of sp³-hybridized carbons (Fsp3) is 0.455. The fourth-order valence-electron chi connectivity index (χ4n) is 1.67. The lowest BCUT2D eigenvalue weighted by Crippen LogP contribution is -2.19. The van der Waals surface area contributed by atoms with E-state index >= 15 is 0 Å². The maximum absolute atomic E-state index is 11.5. The van der Waals surface area contributed by atoms with Gasteiger partial charge in [0.25, 0.3) is 0 Å². The molecule has 0 aromatic heterocycles. The summed E-state index contributed by atoms with van der Waals surface area (Å²) in [6.07, 6.45) is 0. The van der Waals surface area contributed by atoms with Gasteiger partial charge in [-0.05, 0) is 17.5 Å². The van der Waals surface area contributed by atoms with Crippen LogP contribution in [0.5, 0.6) is 5.75 Å². The van der Waals surface area contributed by atoms with Crippen LogP contribution in [0, 0.1) is 0 Å². The van der Waals surface area contributed by atoms with Gasteiger partial charge in [-0.15, -0.1) is 0 Å². The van der Waals surface area contributed by atoms with Gasteiger partial charge in [0.05, 0.1) is 7.11 Å². The Kier molecular flexibility index (Phi) is 3.91. The molecule has 1 rings (SSSR count). The van der Waals surface area contributed by atoms with E-state index in [0.29, 0.717) is 5.75 Å². The molecule has 0 aliphatic rings. The van der Waals surface area contributed by atoms with Gasteiger partial charge in [0, 0.05) is 10.0 Å². The second kappa shape index (κ2) is 4.59. The summed E-state index contributed by atoms with van der Waals surface area (Å²) >= 11 is 3.41. The highest BCUT2D eigenvalue weighted by Crippen LogP contribution is 2.40. The molecule has 0 saturated carbocycles. The Morgan fingerprint density at radius 2 is 1.82 bits per heavy atom. The standard InChI is InChI=1S/C11H16BrNO3S/c1-11(2,3)9-7(12)5-6-8(10(9)16-4)17(13,14)15/h5-6H,1-4H3,(H2,13,14,15). The van der Waals surface area contributed by atoms with E-state index < -0.39 is 10.0 Å². The first-order valence-electron chi connectivity index (χ1n) is 4.99. The first-order valence-corrected chi connectivity index (χ1v) is 7.32. The molecule has 0 amide bonds. The summed E-state index contributed by atoms with van der Waals surface area (Å²) in [6, 6.07) is 3.11. The summed E-state index contributed by atoms with van der Waals surface area (Å²) in [4.78, 5) is 0.00752. The number of hydrogen-bond acceptors (Lipinski definition) is 3. The van der Waals surface area contributed by atoms with Crippen LogP contribution in [0.1, 0.15) is 26.3 Å². The second-order valence-corrected chi connectivity index (χ2v) is 7.13. The summed E-state index contributed by atoms with van der Waals surface area (Å²) < 4.78 is 29.0. The molecule has 6 heteroatoms. The van der Waals surface area contributed by atoms with Gasteiger partial charge in [0.2, 0.25) is 10.0 Å². The SMILES string of the molecule is COc1c(S(N)(=O)=O)ccc(Br)c1C(C)(C)C. The van der Waals surface area contributed by atoms with Crippen LogP contribution in [-0.4, -0.2) is 15.5 Å². The van der Waals surface area contributed by atoms with Crippen molar-refractivity contribution in [1.82, 2.24) is 0 Å². The molecular formula is C11H16BrNO3S. The van der Waals surface area contributed by atoms with E-state index in [-0.39, 0.29) is 10.3 Å². The number of primary sulfonamides is 1. The molecule has 0 aliphatic heterocycles. The van der Waals surface area contributed by atoms with Crippen molar-refractivity contribution in [3.63, 3.8) is 0 Å². The molecule has 0 spiro atoms. The number of ether oxygens (including phenoxy) is 1. The van der Waals surface area contributed by atoms with Gasteiger partial charge in [-0.2, -0.15) is 0 Å². The van der Waals surface area contributed by atoms with Crippen LogP contribution in [-0.2, 0) is 15.4 Å².